The molecule has 0 bridgehead atoms. The summed E-state index contributed by atoms with van der Waals surface area (Å²) in [6.07, 6.45) is 8.14. The van der Waals surface area contributed by atoms with Gasteiger partial charge in [0, 0.05) is 19.8 Å². The number of hydrogen-bond acceptors (Lipinski definition) is 3. The zero-order valence-electron chi connectivity index (χ0n) is 12.1. The molecule has 19 heavy (non-hydrogen) atoms. The number of amides is 1. The van der Waals surface area contributed by atoms with Crippen molar-refractivity contribution in [2.45, 2.75) is 63.8 Å². The summed E-state index contributed by atoms with van der Waals surface area (Å²) in [6.45, 7) is 4.36. The van der Waals surface area contributed by atoms with E-state index in [4.69, 9.17) is 10.5 Å². The Labute approximate surface area is 123 Å². The Balaban J connectivity index is 0.00000324. The minimum absolute atomic E-state index is 0. The third kappa shape index (κ3) is 7.14. The predicted octanol–water partition coefficient (Wildman–Crippen LogP) is 2.39. The van der Waals surface area contributed by atoms with Crippen LogP contribution in [0.1, 0.15) is 58.3 Å². The molecule has 1 saturated carbocycles. The summed E-state index contributed by atoms with van der Waals surface area (Å²) in [5.74, 6) is 0.0239. The molecule has 114 valence electrons. The summed E-state index contributed by atoms with van der Waals surface area (Å²) in [5, 5.41) is 2.94. The third-order valence-electron chi connectivity index (χ3n) is 3.59. The zero-order chi connectivity index (χ0) is 13.3. The fraction of sp³-hybridized carbons (Fsp3) is 0.929. The predicted molar refractivity (Wildman–Crippen MR) is 80.6 cm³/mol. The second kappa shape index (κ2) is 10.5. The number of hydrogen-bond donors (Lipinski definition) is 2. The number of carbonyl (C=O) groups excluding carboxylic acids is 1. The first kappa shape index (κ1) is 18.7. The van der Waals surface area contributed by atoms with Gasteiger partial charge in [-0.15, -0.1) is 12.4 Å². The van der Waals surface area contributed by atoms with E-state index in [2.05, 4.69) is 12.2 Å². The number of ether oxygens (including phenoxy) is 1. The normalized spacial score (nSPS) is 17.6. The van der Waals surface area contributed by atoms with E-state index in [9.17, 15) is 4.79 Å². The molecule has 4 nitrogen and oxygen atoms in total. The number of unbranched alkanes of at least 4 members (excludes halogenated alkanes) is 1. The average molecular weight is 293 g/mol. The lowest BCUT2D eigenvalue weighted by atomic mass is 9.82. The second-order valence-electron chi connectivity index (χ2n) is 5.29. The van der Waals surface area contributed by atoms with Gasteiger partial charge in [0.25, 0.3) is 0 Å². The van der Waals surface area contributed by atoms with E-state index in [1.54, 1.807) is 0 Å². The summed E-state index contributed by atoms with van der Waals surface area (Å²) in [5.41, 5.74) is 5.53. The number of carbonyl (C=O) groups is 1. The largest absolute Gasteiger partial charge is 0.381 e. The van der Waals surface area contributed by atoms with Gasteiger partial charge >= 0.3 is 0 Å². The van der Waals surface area contributed by atoms with Crippen molar-refractivity contribution < 1.29 is 9.53 Å². The van der Waals surface area contributed by atoms with Crippen molar-refractivity contribution in [1.82, 2.24) is 5.32 Å². The molecule has 1 amide bonds. The summed E-state index contributed by atoms with van der Waals surface area (Å²) >= 11 is 0. The van der Waals surface area contributed by atoms with Crippen molar-refractivity contribution in [2.75, 3.05) is 19.8 Å². The number of halogens is 1. The fourth-order valence-electron chi connectivity index (χ4n) is 2.31. The van der Waals surface area contributed by atoms with Gasteiger partial charge in [-0.05, 0) is 25.7 Å². The Morgan fingerprint density at radius 3 is 2.47 bits per heavy atom. The highest BCUT2D eigenvalue weighted by Gasteiger charge is 2.34. The molecule has 0 aromatic heterocycles. The van der Waals surface area contributed by atoms with Crippen molar-refractivity contribution >= 4 is 18.3 Å². The average Bonchev–Trinajstić information content (AvgIpc) is 2.38. The third-order valence-corrected chi connectivity index (χ3v) is 3.59. The fourth-order valence-corrected chi connectivity index (χ4v) is 2.31. The van der Waals surface area contributed by atoms with Crippen LogP contribution < -0.4 is 11.1 Å². The number of nitrogens with two attached hydrogens (primary N) is 1. The van der Waals surface area contributed by atoms with Gasteiger partial charge in [-0.1, -0.05) is 32.6 Å². The molecule has 1 fully saturated rings. The molecule has 0 radical (unpaired) electrons. The molecule has 1 rings (SSSR count). The van der Waals surface area contributed by atoms with Crippen LogP contribution in [0.15, 0.2) is 0 Å². The number of nitrogens with one attached hydrogen (secondary N) is 1. The van der Waals surface area contributed by atoms with E-state index in [0.29, 0.717) is 6.54 Å². The smallest absolute Gasteiger partial charge is 0.240 e. The van der Waals surface area contributed by atoms with Crippen molar-refractivity contribution in [2.24, 2.45) is 5.73 Å². The molecule has 0 aromatic rings. The van der Waals surface area contributed by atoms with Gasteiger partial charge in [-0.2, -0.15) is 0 Å². The Kier molecular flexibility index (Phi) is 10.3. The van der Waals surface area contributed by atoms with E-state index in [1.807, 2.05) is 0 Å². The minimum atomic E-state index is -0.610. The molecule has 1 aliphatic carbocycles. The Morgan fingerprint density at radius 2 is 1.84 bits per heavy atom. The van der Waals surface area contributed by atoms with Crippen LogP contribution in [0.2, 0.25) is 0 Å². The number of rotatable bonds is 8. The summed E-state index contributed by atoms with van der Waals surface area (Å²) in [7, 11) is 0. The molecule has 0 unspecified atom stereocenters. The van der Waals surface area contributed by atoms with Crippen LogP contribution in [0.5, 0.6) is 0 Å². The van der Waals surface area contributed by atoms with Crippen LogP contribution in [0.4, 0.5) is 0 Å². The van der Waals surface area contributed by atoms with Crippen LogP contribution in [0, 0.1) is 0 Å². The Bertz CT molecular complexity index is 244. The van der Waals surface area contributed by atoms with Crippen molar-refractivity contribution in [1.29, 1.82) is 0 Å². The molecule has 0 aliphatic heterocycles. The van der Waals surface area contributed by atoms with Gasteiger partial charge < -0.3 is 15.8 Å². The van der Waals surface area contributed by atoms with Crippen LogP contribution in [-0.2, 0) is 9.53 Å². The second-order valence-corrected chi connectivity index (χ2v) is 5.29. The SMILES string of the molecule is CCCCOCCCNC(=O)C1(N)CCCCC1.Cl. The lowest BCUT2D eigenvalue weighted by Gasteiger charge is -2.31. The van der Waals surface area contributed by atoms with Gasteiger partial charge in [0.2, 0.25) is 5.91 Å². The standard InChI is InChI=1S/C14H28N2O2.ClH/c1-2-3-11-18-12-7-10-16-13(17)14(15)8-5-4-6-9-14;/h2-12,15H2,1H3,(H,16,17);1H. The van der Waals surface area contributed by atoms with Gasteiger partial charge in [-0.25, -0.2) is 0 Å². The van der Waals surface area contributed by atoms with E-state index in [-0.39, 0.29) is 18.3 Å². The van der Waals surface area contributed by atoms with E-state index in [1.165, 1.54) is 6.42 Å². The molecule has 5 heteroatoms. The van der Waals surface area contributed by atoms with Crippen molar-refractivity contribution in [3.63, 3.8) is 0 Å². The molecule has 0 aromatic carbocycles. The Hall–Kier alpha value is -0.320. The first-order valence-electron chi connectivity index (χ1n) is 7.34. The summed E-state index contributed by atoms with van der Waals surface area (Å²) < 4.78 is 5.44. The quantitative estimate of drug-likeness (QED) is 0.675. The van der Waals surface area contributed by atoms with Crippen LogP contribution in [0.3, 0.4) is 0 Å². The molecule has 0 heterocycles. The van der Waals surface area contributed by atoms with E-state index >= 15 is 0 Å². The van der Waals surface area contributed by atoms with Crippen molar-refractivity contribution in [3.8, 4) is 0 Å². The summed E-state index contributed by atoms with van der Waals surface area (Å²) in [4.78, 5) is 12.0. The topological polar surface area (TPSA) is 64.3 Å². The molecular formula is C14H29ClN2O2. The summed E-state index contributed by atoms with van der Waals surface area (Å²) in [6, 6.07) is 0. The highest BCUT2D eigenvalue weighted by Crippen LogP contribution is 2.25. The Morgan fingerprint density at radius 1 is 1.21 bits per heavy atom. The maximum atomic E-state index is 12.0. The van der Waals surface area contributed by atoms with Crippen LogP contribution in [0.25, 0.3) is 0 Å². The first-order chi connectivity index (χ1) is 8.69. The maximum absolute atomic E-state index is 12.0. The van der Waals surface area contributed by atoms with Crippen LogP contribution >= 0.6 is 12.4 Å². The minimum Gasteiger partial charge on any atom is -0.381 e. The van der Waals surface area contributed by atoms with Gasteiger partial charge in [0.1, 0.15) is 0 Å². The molecular weight excluding hydrogens is 264 g/mol. The first-order valence-corrected chi connectivity index (χ1v) is 7.34. The highest BCUT2D eigenvalue weighted by molar-refractivity contribution is 5.86. The van der Waals surface area contributed by atoms with Crippen LogP contribution in [-0.4, -0.2) is 31.2 Å². The lowest BCUT2D eigenvalue weighted by molar-refractivity contribution is -0.127. The molecule has 3 N–H and O–H groups in total. The maximum Gasteiger partial charge on any atom is 0.240 e. The molecule has 0 saturated heterocycles. The highest BCUT2D eigenvalue weighted by atomic mass is 35.5. The van der Waals surface area contributed by atoms with Gasteiger partial charge in [0.05, 0.1) is 5.54 Å². The van der Waals surface area contributed by atoms with Gasteiger partial charge in [-0.3, -0.25) is 4.79 Å². The monoisotopic (exact) mass is 292 g/mol. The molecule has 0 atom stereocenters. The van der Waals surface area contributed by atoms with Gasteiger partial charge in [0.15, 0.2) is 0 Å². The molecule has 1 aliphatic rings. The van der Waals surface area contributed by atoms with E-state index in [0.717, 1.165) is 58.2 Å². The lowest BCUT2D eigenvalue weighted by Crippen LogP contribution is -2.55. The van der Waals surface area contributed by atoms with E-state index < -0.39 is 5.54 Å². The molecule has 0 spiro atoms. The van der Waals surface area contributed by atoms with Crippen molar-refractivity contribution in [3.05, 3.63) is 0 Å². The zero-order valence-corrected chi connectivity index (χ0v) is 12.9.